The van der Waals surface area contributed by atoms with Gasteiger partial charge >= 0.3 is 5.97 Å². The highest BCUT2D eigenvalue weighted by atomic mass is 16.5. The van der Waals surface area contributed by atoms with Crippen LogP contribution in [0, 0.1) is 0 Å². The maximum Gasteiger partial charge on any atom is 0.328 e. The Morgan fingerprint density at radius 3 is 1.74 bits per heavy atom. The topological polar surface area (TPSA) is 500 Å². The smallest absolute Gasteiger partial charge is 0.328 e. The average molecular weight is 1140 g/mol. The van der Waals surface area contributed by atoms with E-state index in [9.17, 15) is 93.9 Å². The molecule has 1 aromatic carbocycles. The number of rotatable bonds is 32. The van der Waals surface area contributed by atoms with Gasteiger partial charge < -0.3 is 108 Å². The normalized spacial score (nSPS) is 16.6. The number of carboxylic acid groups (broad SMARTS) is 1. The number of methoxy groups -OCH3 is 1. The van der Waals surface area contributed by atoms with Crippen molar-refractivity contribution in [1.82, 2.24) is 57.0 Å². The standard InChI is InChI=1S/C48H75N11O21/c1-22(38(68)54-26(20-61)46(76)77)52-43(73)37(48(5,6)79)57-39(69)25(19-60)53-44(74)36(47(3,4)78)55-30(63)18-51-40(70)27(15-24-13-11-10-12-14-24)59(8)45(75)35(67)34(66)29(80-9)17-50-41(71)31(56-42(72)32(64)23(2)62)33(65)28-16-49-21-58(28)7/h10-14,16,21-23,25-27,29,31-37,60-62,64-67,78-79H,15,17-20H2,1-9H3,(H,50,71)(H,51,70)(H,52,73)(H,53,74)(H,54,68)(H,55,63)(H,56,72)(H,57,69)(H,76,77)/t22-,23-,25-,26-,27-,29-,31+,32+,33+,34-,35-,36+,37+/m0/s1. The Labute approximate surface area is 458 Å². The lowest BCUT2D eigenvalue weighted by molar-refractivity contribution is -0.156. The molecule has 0 radical (unpaired) electrons. The quantitative estimate of drug-likeness (QED) is 0.0323. The van der Waals surface area contributed by atoms with E-state index in [1.165, 1.54) is 24.1 Å². The third-order valence-electron chi connectivity index (χ3n) is 12.2. The maximum atomic E-state index is 13.9. The minimum atomic E-state index is -2.38. The van der Waals surface area contributed by atoms with E-state index in [0.717, 1.165) is 60.6 Å². The number of aryl methyl sites for hydroxylation is 1. The van der Waals surface area contributed by atoms with Crippen molar-refractivity contribution in [2.75, 3.05) is 40.5 Å². The largest absolute Gasteiger partial charge is 0.480 e. The van der Waals surface area contributed by atoms with Crippen LogP contribution in [0.2, 0.25) is 0 Å². The van der Waals surface area contributed by atoms with Gasteiger partial charge in [0, 0.05) is 34.2 Å². The summed E-state index contributed by atoms with van der Waals surface area (Å²) in [4.78, 5) is 136. The van der Waals surface area contributed by atoms with Crippen molar-refractivity contribution < 1.29 is 104 Å². The number of aromatic nitrogens is 2. The number of nitrogens with one attached hydrogen (secondary N) is 8. The lowest BCUT2D eigenvalue weighted by Gasteiger charge is -2.33. The van der Waals surface area contributed by atoms with E-state index in [0.29, 0.717) is 5.56 Å². The van der Waals surface area contributed by atoms with E-state index in [4.69, 9.17) is 9.84 Å². The van der Waals surface area contributed by atoms with Crippen LogP contribution in [0.15, 0.2) is 42.9 Å². The van der Waals surface area contributed by atoms with Gasteiger partial charge in [-0.1, -0.05) is 30.3 Å². The molecule has 13 atom stereocenters. The zero-order chi connectivity index (χ0) is 61.1. The van der Waals surface area contributed by atoms with Gasteiger partial charge in [0.2, 0.25) is 41.4 Å². The molecular formula is C48H75N11O21. The molecule has 0 spiro atoms. The number of amides is 9. The van der Waals surface area contributed by atoms with Crippen LogP contribution in [0.5, 0.6) is 0 Å². The fourth-order valence-corrected chi connectivity index (χ4v) is 7.34. The number of ether oxygens (including phenoxy) is 1. The van der Waals surface area contributed by atoms with E-state index in [1.807, 2.05) is 5.32 Å². The van der Waals surface area contributed by atoms with Gasteiger partial charge in [0.15, 0.2) is 12.2 Å². The number of aliphatic hydroxyl groups is 9. The molecule has 0 bridgehead atoms. The predicted molar refractivity (Wildman–Crippen MR) is 273 cm³/mol. The summed E-state index contributed by atoms with van der Waals surface area (Å²) in [5, 5.41) is 121. The fourth-order valence-electron chi connectivity index (χ4n) is 7.34. The molecule has 0 aliphatic carbocycles. The van der Waals surface area contributed by atoms with E-state index >= 15 is 0 Å². The van der Waals surface area contributed by atoms with Crippen molar-refractivity contribution in [3.63, 3.8) is 0 Å². The second-order valence-corrected chi connectivity index (χ2v) is 19.7. The summed E-state index contributed by atoms with van der Waals surface area (Å²) in [5.74, 6) is -12.3. The zero-order valence-electron chi connectivity index (χ0n) is 45.4. The molecule has 0 fully saturated rings. The summed E-state index contributed by atoms with van der Waals surface area (Å²) >= 11 is 0. The first-order chi connectivity index (χ1) is 37.1. The van der Waals surface area contributed by atoms with Crippen LogP contribution in [0.3, 0.4) is 0 Å². The summed E-state index contributed by atoms with van der Waals surface area (Å²) in [6.45, 7) is 2.73. The van der Waals surface area contributed by atoms with Gasteiger partial charge in [-0.2, -0.15) is 0 Å². The third-order valence-corrected chi connectivity index (χ3v) is 12.2. The molecule has 0 aliphatic rings. The van der Waals surface area contributed by atoms with Crippen LogP contribution < -0.4 is 42.5 Å². The molecule has 2 rings (SSSR count). The maximum absolute atomic E-state index is 13.9. The number of likely N-dealkylation sites (N-methyl/N-ethyl adjacent to an activating group) is 1. The fraction of sp³-hybridized carbons (Fsp3) is 0.604. The number of carboxylic acids is 1. The molecular weight excluding hydrogens is 1070 g/mol. The summed E-state index contributed by atoms with van der Waals surface area (Å²) in [6, 6.07) is -4.39. The molecule has 0 unspecified atom stereocenters. The molecule has 448 valence electrons. The van der Waals surface area contributed by atoms with Gasteiger partial charge in [-0.25, -0.2) is 9.78 Å². The van der Waals surface area contributed by atoms with Crippen molar-refractivity contribution in [3.8, 4) is 0 Å². The van der Waals surface area contributed by atoms with Crippen molar-refractivity contribution in [3.05, 3.63) is 54.1 Å². The van der Waals surface area contributed by atoms with E-state index in [1.54, 1.807) is 30.3 Å². The van der Waals surface area contributed by atoms with E-state index in [2.05, 4.69) is 42.2 Å². The highest BCUT2D eigenvalue weighted by Crippen LogP contribution is 2.18. The minimum Gasteiger partial charge on any atom is -0.480 e. The molecule has 18 N–H and O–H groups in total. The monoisotopic (exact) mass is 1140 g/mol. The molecule has 2 aromatic rings. The molecule has 0 saturated carbocycles. The van der Waals surface area contributed by atoms with Gasteiger partial charge in [0.05, 0.1) is 55.3 Å². The highest BCUT2D eigenvalue weighted by molar-refractivity contribution is 5.98. The number of hydrogen-bond acceptors (Lipinski definition) is 21. The number of hydrogen-bond donors (Lipinski definition) is 18. The first-order valence-electron chi connectivity index (χ1n) is 24.6. The summed E-state index contributed by atoms with van der Waals surface area (Å²) in [5.41, 5.74) is -3.76. The van der Waals surface area contributed by atoms with Crippen molar-refractivity contribution in [2.24, 2.45) is 7.05 Å². The number of nitrogens with zero attached hydrogens (tertiary/aromatic N) is 3. The van der Waals surface area contributed by atoms with Crippen LogP contribution in [-0.4, -0.2) is 249 Å². The molecule has 9 amide bonds. The Balaban J connectivity index is 2.26. The van der Waals surface area contributed by atoms with Crippen LogP contribution in [0.25, 0.3) is 0 Å². The summed E-state index contributed by atoms with van der Waals surface area (Å²) in [6.07, 6.45) is -9.32. The van der Waals surface area contributed by atoms with Gasteiger partial charge in [-0.15, -0.1) is 0 Å². The second kappa shape index (κ2) is 30.9. The van der Waals surface area contributed by atoms with Crippen LogP contribution in [-0.2, 0) is 66.2 Å². The number of benzene rings is 1. The summed E-state index contributed by atoms with van der Waals surface area (Å²) < 4.78 is 6.58. The molecule has 32 heteroatoms. The Bertz CT molecular complexity index is 2450. The Morgan fingerprint density at radius 2 is 1.24 bits per heavy atom. The van der Waals surface area contributed by atoms with Gasteiger partial charge in [-0.05, 0) is 47.1 Å². The van der Waals surface area contributed by atoms with Crippen LogP contribution in [0.4, 0.5) is 0 Å². The second-order valence-electron chi connectivity index (χ2n) is 19.7. The third kappa shape index (κ3) is 20.1. The van der Waals surface area contributed by atoms with Crippen molar-refractivity contribution in [1.29, 1.82) is 0 Å². The van der Waals surface area contributed by atoms with Crippen molar-refractivity contribution in [2.45, 2.75) is 138 Å². The lowest BCUT2D eigenvalue weighted by atomic mass is 9.96. The van der Waals surface area contributed by atoms with E-state index < -0.39 is 176 Å². The Kier molecular flexibility index (Phi) is 26.6. The minimum absolute atomic E-state index is 0.0308. The van der Waals surface area contributed by atoms with Gasteiger partial charge in [0.1, 0.15) is 60.6 Å². The molecule has 1 aromatic heterocycles. The van der Waals surface area contributed by atoms with E-state index in [-0.39, 0.29) is 12.1 Å². The number of carbonyl (C=O) groups is 10. The number of carbonyl (C=O) groups excluding carboxylic acids is 9. The van der Waals surface area contributed by atoms with Crippen LogP contribution >= 0.6 is 0 Å². The highest BCUT2D eigenvalue weighted by Gasteiger charge is 2.42. The molecule has 32 nitrogen and oxygen atoms in total. The van der Waals surface area contributed by atoms with Gasteiger partial charge in [0.25, 0.3) is 11.8 Å². The molecule has 80 heavy (non-hydrogen) atoms. The number of imidazole rings is 1. The van der Waals surface area contributed by atoms with Gasteiger partial charge in [-0.3, -0.25) is 43.2 Å². The molecule has 0 saturated heterocycles. The first kappa shape index (κ1) is 68.8. The SMILES string of the molecule is CO[C@@H](CNC(=O)[C@H](NC(=O)[C@H](O)[C@H](C)O)[C@H](O)c1cncn1C)[C@H](O)[C@H](O)C(=O)N(C)[C@@H](Cc1ccccc1)C(=O)NCC(=O)N[C@H](C(=O)N[C@@H](CO)C(=O)N[C@H](C(=O)N[C@@H](C)C(=O)N[C@@H](CO)C(=O)O)C(C)(C)O)C(C)(C)O. The number of aliphatic hydroxyl groups excluding tert-OH is 7. The first-order valence-corrected chi connectivity index (χ1v) is 24.6. The predicted octanol–water partition coefficient (Wildman–Crippen LogP) is -9.23. The number of aliphatic carboxylic acids is 1. The molecule has 1 heterocycles. The summed E-state index contributed by atoms with van der Waals surface area (Å²) in [7, 11) is 3.60. The zero-order valence-corrected chi connectivity index (χ0v) is 45.4. The Morgan fingerprint density at radius 1 is 0.688 bits per heavy atom. The average Bonchev–Trinajstić information content (AvgIpc) is 3.84. The lowest BCUT2D eigenvalue weighted by Crippen LogP contribution is -2.65. The van der Waals surface area contributed by atoms with Crippen LogP contribution in [0.1, 0.15) is 58.9 Å². The van der Waals surface area contributed by atoms with Crippen molar-refractivity contribution >= 4 is 59.1 Å². The molecule has 0 aliphatic heterocycles. The Hall–Kier alpha value is -7.27.